The Morgan fingerprint density at radius 2 is 1.72 bits per heavy atom. The summed E-state index contributed by atoms with van der Waals surface area (Å²) in [5.41, 5.74) is 4.26. The van der Waals surface area contributed by atoms with Crippen molar-refractivity contribution in [3.63, 3.8) is 0 Å². The fourth-order valence-corrected chi connectivity index (χ4v) is 3.87. The number of anilines is 1. The highest BCUT2D eigenvalue weighted by Gasteiger charge is 2.20. The Morgan fingerprint density at radius 3 is 2.40 bits per heavy atom. The van der Waals surface area contributed by atoms with Crippen molar-refractivity contribution in [2.45, 2.75) is 32.2 Å². The maximum absolute atomic E-state index is 12.7. The number of nitrogens with one attached hydrogen (secondary N) is 1. The Hall–Kier alpha value is -2.60. The molecule has 0 unspecified atom stereocenters. The van der Waals surface area contributed by atoms with Gasteiger partial charge in [0, 0.05) is 11.9 Å². The molecule has 0 spiro atoms. The van der Waals surface area contributed by atoms with Crippen molar-refractivity contribution < 1.29 is 8.42 Å². The third kappa shape index (κ3) is 3.91. The van der Waals surface area contributed by atoms with E-state index in [1.807, 2.05) is 56.3 Å². The summed E-state index contributed by atoms with van der Waals surface area (Å²) < 4.78 is 29.7. The second-order valence-corrected chi connectivity index (χ2v) is 7.82. The molecule has 0 radical (unpaired) electrons. The van der Waals surface area contributed by atoms with Crippen LogP contribution in [0.5, 0.6) is 0 Å². The summed E-state index contributed by atoms with van der Waals surface area (Å²) >= 11 is 0. The molecule has 2 aromatic carbocycles. The standard InChI is InChI=1S/C19H21N3O2S/c1-14-9-10-18(11-15(14)2)21-25(23,24)19-13-22(20-16(19)3)12-17-7-5-4-6-8-17/h4-11,13,21H,12H2,1-3H3. The van der Waals surface area contributed by atoms with Gasteiger partial charge < -0.3 is 0 Å². The van der Waals surface area contributed by atoms with E-state index in [0.717, 1.165) is 16.7 Å². The monoisotopic (exact) mass is 355 g/mol. The highest BCUT2D eigenvalue weighted by molar-refractivity contribution is 7.92. The van der Waals surface area contributed by atoms with Crippen molar-refractivity contribution in [1.82, 2.24) is 9.78 Å². The Kier molecular flexibility index (Phi) is 4.63. The van der Waals surface area contributed by atoms with Crippen LogP contribution in [0.3, 0.4) is 0 Å². The molecule has 1 N–H and O–H groups in total. The average Bonchev–Trinajstić information content (AvgIpc) is 2.93. The maximum Gasteiger partial charge on any atom is 0.265 e. The maximum atomic E-state index is 12.7. The minimum absolute atomic E-state index is 0.196. The zero-order valence-electron chi connectivity index (χ0n) is 14.5. The van der Waals surface area contributed by atoms with Gasteiger partial charge in [-0.25, -0.2) is 8.42 Å². The van der Waals surface area contributed by atoms with Crippen LogP contribution in [0.15, 0.2) is 59.6 Å². The predicted molar refractivity (Wildman–Crippen MR) is 99.2 cm³/mol. The van der Waals surface area contributed by atoms with Crippen molar-refractivity contribution in [2.24, 2.45) is 0 Å². The zero-order chi connectivity index (χ0) is 18.0. The normalized spacial score (nSPS) is 11.5. The summed E-state index contributed by atoms with van der Waals surface area (Å²) in [7, 11) is -3.68. The van der Waals surface area contributed by atoms with Crippen molar-refractivity contribution in [1.29, 1.82) is 0 Å². The van der Waals surface area contributed by atoms with Crippen LogP contribution in [-0.4, -0.2) is 18.2 Å². The number of nitrogens with zero attached hydrogens (tertiary/aromatic N) is 2. The van der Waals surface area contributed by atoms with Gasteiger partial charge in [-0.15, -0.1) is 0 Å². The number of rotatable bonds is 5. The summed E-state index contributed by atoms with van der Waals surface area (Å²) in [5.74, 6) is 0. The first kappa shape index (κ1) is 17.2. The second-order valence-electron chi connectivity index (χ2n) is 6.17. The summed E-state index contributed by atoms with van der Waals surface area (Å²) in [6, 6.07) is 15.3. The molecular weight excluding hydrogens is 334 g/mol. The third-order valence-electron chi connectivity index (χ3n) is 4.14. The van der Waals surface area contributed by atoms with Gasteiger partial charge in [0.2, 0.25) is 0 Å². The second kappa shape index (κ2) is 6.72. The summed E-state index contributed by atoms with van der Waals surface area (Å²) in [6.07, 6.45) is 1.58. The molecule has 5 nitrogen and oxygen atoms in total. The van der Waals surface area contributed by atoms with E-state index in [1.54, 1.807) is 23.9 Å². The van der Waals surface area contributed by atoms with Crippen molar-refractivity contribution >= 4 is 15.7 Å². The van der Waals surface area contributed by atoms with E-state index >= 15 is 0 Å². The van der Waals surface area contributed by atoms with Crippen molar-refractivity contribution in [3.05, 3.63) is 77.1 Å². The van der Waals surface area contributed by atoms with Crippen molar-refractivity contribution in [2.75, 3.05) is 4.72 Å². The van der Waals surface area contributed by atoms with E-state index in [2.05, 4.69) is 9.82 Å². The van der Waals surface area contributed by atoms with Crippen LogP contribution in [0.2, 0.25) is 0 Å². The Bertz CT molecular complexity index is 993. The largest absolute Gasteiger partial charge is 0.280 e. The number of hydrogen-bond donors (Lipinski definition) is 1. The molecule has 0 aliphatic heterocycles. The number of benzene rings is 2. The molecule has 0 saturated carbocycles. The van der Waals surface area contributed by atoms with Gasteiger partial charge in [-0.2, -0.15) is 5.10 Å². The van der Waals surface area contributed by atoms with E-state index in [1.165, 1.54) is 0 Å². The van der Waals surface area contributed by atoms with E-state index < -0.39 is 10.0 Å². The molecule has 130 valence electrons. The summed E-state index contributed by atoms with van der Waals surface area (Å²) in [5, 5.41) is 4.34. The number of sulfonamides is 1. The van der Waals surface area contributed by atoms with Gasteiger partial charge in [0.1, 0.15) is 4.90 Å². The lowest BCUT2D eigenvalue weighted by Gasteiger charge is -2.09. The lowest BCUT2D eigenvalue weighted by atomic mass is 10.1. The quantitative estimate of drug-likeness (QED) is 0.760. The molecule has 25 heavy (non-hydrogen) atoms. The fraction of sp³-hybridized carbons (Fsp3) is 0.211. The first-order chi connectivity index (χ1) is 11.8. The lowest BCUT2D eigenvalue weighted by Crippen LogP contribution is -2.13. The SMILES string of the molecule is Cc1ccc(NS(=O)(=O)c2cn(Cc3ccccc3)nc2C)cc1C. The first-order valence-electron chi connectivity index (χ1n) is 8.03. The molecule has 0 aliphatic rings. The van der Waals surface area contributed by atoms with Crippen LogP contribution >= 0.6 is 0 Å². The number of aryl methyl sites for hydroxylation is 3. The van der Waals surface area contributed by atoms with Gasteiger partial charge in [-0.1, -0.05) is 36.4 Å². The minimum atomic E-state index is -3.68. The molecule has 0 saturated heterocycles. The average molecular weight is 355 g/mol. The van der Waals surface area contributed by atoms with Gasteiger partial charge in [0.15, 0.2) is 0 Å². The van der Waals surface area contributed by atoms with Crippen LogP contribution in [0.4, 0.5) is 5.69 Å². The molecule has 0 amide bonds. The van der Waals surface area contributed by atoms with Gasteiger partial charge in [-0.3, -0.25) is 9.40 Å². The lowest BCUT2D eigenvalue weighted by molar-refractivity contribution is 0.600. The van der Waals surface area contributed by atoms with Gasteiger partial charge >= 0.3 is 0 Å². The highest BCUT2D eigenvalue weighted by Crippen LogP contribution is 2.21. The summed E-state index contributed by atoms with van der Waals surface area (Å²) in [6.45, 7) is 6.18. The van der Waals surface area contributed by atoms with Gasteiger partial charge in [0.25, 0.3) is 10.0 Å². The summed E-state index contributed by atoms with van der Waals surface area (Å²) in [4.78, 5) is 0.196. The molecule has 0 atom stereocenters. The van der Waals surface area contributed by atoms with E-state index in [4.69, 9.17) is 0 Å². The van der Waals surface area contributed by atoms with E-state index in [9.17, 15) is 8.42 Å². The highest BCUT2D eigenvalue weighted by atomic mass is 32.2. The van der Waals surface area contributed by atoms with Gasteiger partial charge in [0.05, 0.1) is 12.2 Å². The van der Waals surface area contributed by atoms with Crippen LogP contribution in [0, 0.1) is 20.8 Å². The van der Waals surface area contributed by atoms with Crippen molar-refractivity contribution in [3.8, 4) is 0 Å². The molecule has 6 heteroatoms. The number of hydrogen-bond acceptors (Lipinski definition) is 3. The van der Waals surface area contributed by atoms with E-state index in [-0.39, 0.29) is 4.90 Å². The van der Waals surface area contributed by atoms with Crippen LogP contribution < -0.4 is 4.72 Å². The predicted octanol–water partition coefficient (Wildman–Crippen LogP) is 3.66. The topological polar surface area (TPSA) is 64.0 Å². The molecule has 3 aromatic rings. The number of aromatic nitrogens is 2. The molecule has 0 fully saturated rings. The van der Waals surface area contributed by atoms with Crippen LogP contribution in [0.25, 0.3) is 0 Å². The minimum Gasteiger partial charge on any atom is -0.280 e. The molecular formula is C19H21N3O2S. The molecule has 0 aliphatic carbocycles. The first-order valence-corrected chi connectivity index (χ1v) is 9.51. The van der Waals surface area contributed by atoms with Crippen LogP contribution in [0.1, 0.15) is 22.4 Å². The molecule has 3 rings (SSSR count). The Balaban J connectivity index is 1.86. The Morgan fingerprint density at radius 1 is 1.00 bits per heavy atom. The smallest absolute Gasteiger partial charge is 0.265 e. The van der Waals surface area contributed by atoms with E-state index in [0.29, 0.717) is 17.9 Å². The van der Waals surface area contributed by atoms with Crippen LogP contribution in [-0.2, 0) is 16.6 Å². The Labute approximate surface area is 148 Å². The fourth-order valence-electron chi connectivity index (χ4n) is 2.63. The zero-order valence-corrected chi connectivity index (χ0v) is 15.3. The third-order valence-corrected chi connectivity index (χ3v) is 5.62. The molecule has 0 bridgehead atoms. The van der Waals surface area contributed by atoms with Gasteiger partial charge in [-0.05, 0) is 49.6 Å². The molecule has 1 aromatic heterocycles. The molecule has 1 heterocycles.